The van der Waals surface area contributed by atoms with Crippen molar-refractivity contribution in [1.82, 2.24) is 10.2 Å². The molecule has 3 unspecified atom stereocenters. The van der Waals surface area contributed by atoms with Crippen LogP contribution in [-0.4, -0.2) is 49.3 Å². The van der Waals surface area contributed by atoms with E-state index < -0.39 is 0 Å². The van der Waals surface area contributed by atoms with Crippen molar-refractivity contribution in [2.45, 2.75) is 65.1 Å². The Labute approximate surface area is 107 Å². The smallest absolute Gasteiger partial charge is 0.0674 e. The molecular weight excluding hydrogens is 212 g/mol. The lowest BCUT2D eigenvalue weighted by atomic mass is 10.0. The van der Waals surface area contributed by atoms with E-state index in [1.54, 1.807) is 0 Å². The van der Waals surface area contributed by atoms with Gasteiger partial charge in [-0.3, -0.25) is 4.90 Å². The third kappa shape index (κ3) is 4.94. The van der Waals surface area contributed by atoms with Gasteiger partial charge in [0, 0.05) is 31.8 Å². The van der Waals surface area contributed by atoms with E-state index in [2.05, 4.69) is 37.9 Å². The van der Waals surface area contributed by atoms with Gasteiger partial charge in [-0.1, -0.05) is 13.8 Å². The highest BCUT2D eigenvalue weighted by atomic mass is 16.5. The van der Waals surface area contributed by atoms with E-state index in [1.165, 1.54) is 25.8 Å². The quantitative estimate of drug-likeness (QED) is 0.773. The summed E-state index contributed by atoms with van der Waals surface area (Å²) in [5.41, 5.74) is 0. The Bertz CT molecular complexity index is 199. The van der Waals surface area contributed by atoms with Crippen molar-refractivity contribution in [2.24, 2.45) is 0 Å². The van der Waals surface area contributed by atoms with Crippen LogP contribution in [0.3, 0.4) is 0 Å². The molecule has 0 aromatic rings. The summed E-state index contributed by atoms with van der Waals surface area (Å²) < 4.78 is 5.72. The Morgan fingerprint density at radius 2 is 2.18 bits per heavy atom. The summed E-state index contributed by atoms with van der Waals surface area (Å²) in [5, 5.41) is 3.67. The average Bonchev–Trinajstić information content (AvgIpc) is 2.54. The minimum Gasteiger partial charge on any atom is -0.377 e. The van der Waals surface area contributed by atoms with Gasteiger partial charge in [-0.2, -0.15) is 0 Å². The summed E-state index contributed by atoms with van der Waals surface area (Å²) in [6.07, 6.45) is 3.96. The van der Waals surface area contributed by atoms with Crippen LogP contribution in [0.25, 0.3) is 0 Å². The fourth-order valence-corrected chi connectivity index (χ4v) is 2.64. The van der Waals surface area contributed by atoms with Crippen molar-refractivity contribution in [3.8, 4) is 0 Å². The third-order valence-electron chi connectivity index (χ3n) is 3.74. The molecule has 0 aliphatic carbocycles. The van der Waals surface area contributed by atoms with Gasteiger partial charge < -0.3 is 10.1 Å². The molecule has 1 aliphatic heterocycles. The van der Waals surface area contributed by atoms with E-state index in [4.69, 9.17) is 4.74 Å². The van der Waals surface area contributed by atoms with Crippen LogP contribution < -0.4 is 5.32 Å². The molecule has 3 nitrogen and oxygen atoms in total. The lowest BCUT2D eigenvalue weighted by Crippen LogP contribution is -2.50. The predicted molar refractivity (Wildman–Crippen MR) is 73.4 cm³/mol. The second-order valence-corrected chi connectivity index (χ2v) is 5.24. The first-order valence-corrected chi connectivity index (χ1v) is 7.28. The normalized spacial score (nSPS) is 26.5. The fourth-order valence-electron chi connectivity index (χ4n) is 2.64. The fraction of sp³-hybridized carbons (Fsp3) is 1.00. The monoisotopic (exact) mass is 242 g/mol. The van der Waals surface area contributed by atoms with Gasteiger partial charge in [0.05, 0.1) is 6.10 Å². The number of rotatable bonds is 6. The van der Waals surface area contributed by atoms with Gasteiger partial charge in [0.2, 0.25) is 0 Å². The second-order valence-electron chi connectivity index (χ2n) is 5.24. The Kier molecular flexibility index (Phi) is 7.09. The van der Waals surface area contributed by atoms with Crippen LogP contribution in [0.2, 0.25) is 0 Å². The van der Waals surface area contributed by atoms with Gasteiger partial charge in [-0.15, -0.1) is 0 Å². The van der Waals surface area contributed by atoms with Crippen LogP contribution in [0.4, 0.5) is 0 Å². The van der Waals surface area contributed by atoms with Crippen LogP contribution in [0.1, 0.15) is 47.0 Å². The van der Waals surface area contributed by atoms with Crippen molar-refractivity contribution in [3.05, 3.63) is 0 Å². The molecule has 3 heteroatoms. The highest BCUT2D eigenvalue weighted by Crippen LogP contribution is 2.13. The summed E-state index contributed by atoms with van der Waals surface area (Å²) in [6, 6.07) is 1.22. The lowest BCUT2D eigenvalue weighted by Gasteiger charge is -2.34. The molecule has 0 aromatic carbocycles. The molecule has 0 radical (unpaired) electrons. The zero-order valence-electron chi connectivity index (χ0n) is 12.0. The molecule has 1 N–H and O–H groups in total. The van der Waals surface area contributed by atoms with Gasteiger partial charge in [0.15, 0.2) is 0 Å². The molecule has 1 fully saturated rings. The first kappa shape index (κ1) is 14.9. The average molecular weight is 242 g/mol. The standard InChI is InChI=1S/C14H30N2O/c1-5-8-15-14(6-2)13(4)16-9-7-10-17-12(3)11-16/h12-15H,5-11H2,1-4H3. The minimum atomic E-state index is 0.378. The molecule has 0 bridgehead atoms. The van der Waals surface area contributed by atoms with Gasteiger partial charge in [0.25, 0.3) is 0 Å². The Hall–Kier alpha value is -0.120. The summed E-state index contributed by atoms with van der Waals surface area (Å²) in [5.74, 6) is 0. The maximum atomic E-state index is 5.72. The number of nitrogens with one attached hydrogen (secondary N) is 1. The maximum absolute atomic E-state index is 5.72. The van der Waals surface area contributed by atoms with Crippen molar-refractivity contribution >= 4 is 0 Å². The molecule has 0 aromatic heterocycles. The molecule has 17 heavy (non-hydrogen) atoms. The van der Waals surface area contributed by atoms with Crippen molar-refractivity contribution < 1.29 is 4.74 Å². The zero-order chi connectivity index (χ0) is 12.7. The molecule has 0 saturated carbocycles. The Morgan fingerprint density at radius 3 is 2.82 bits per heavy atom. The number of nitrogens with zero attached hydrogens (tertiary/aromatic N) is 1. The number of hydrogen-bond acceptors (Lipinski definition) is 3. The molecule has 0 spiro atoms. The van der Waals surface area contributed by atoms with E-state index in [0.29, 0.717) is 18.2 Å². The number of ether oxygens (including phenoxy) is 1. The highest BCUT2D eigenvalue weighted by molar-refractivity contribution is 4.82. The Balaban J connectivity index is 2.49. The van der Waals surface area contributed by atoms with E-state index in [0.717, 1.165) is 19.7 Å². The molecule has 102 valence electrons. The maximum Gasteiger partial charge on any atom is 0.0674 e. The lowest BCUT2D eigenvalue weighted by molar-refractivity contribution is 0.0580. The SMILES string of the molecule is CCCNC(CC)C(C)N1CCCOC(C)C1. The molecule has 1 heterocycles. The Morgan fingerprint density at radius 1 is 1.41 bits per heavy atom. The highest BCUT2D eigenvalue weighted by Gasteiger charge is 2.24. The van der Waals surface area contributed by atoms with Gasteiger partial charge in [0.1, 0.15) is 0 Å². The summed E-state index contributed by atoms with van der Waals surface area (Å²) in [4.78, 5) is 2.59. The zero-order valence-corrected chi connectivity index (χ0v) is 12.0. The summed E-state index contributed by atoms with van der Waals surface area (Å²) in [6.45, 7) is 13.3. The van der Waals surface area contributed by atoms with Crippen LogP contribution in [0.15, 0.2) is 0 Å². The summed E-state index contributed by atoms with van der Waals surface area (Å²) in [7, 11) is 0. The van der Waals surface area contributed by atoms with E-state index in [9.17, 15) is 0 Å². The second kappa shape index (κ2) is 8.06. The molecule has 1 rings (SSSR count). The van der Waals surface area contributed by atoms with Crippen LogP contribution in [-0.2, 0) is 4.74 Å². The number of hydrogen-bond donors (Lipinski definition) is 1. The van der Waals surface area contributed by atoms with E-state index in [1.807, 2.05) is 0 Å². The van der Waals surface area contributed by atoms with Crippen LogP contribution in [0.5, 0.6) is 0 Å². The summed E-state index contributed by atoms with van der Waals surface area (Å²) >= 11 is 0. The van der Waals surface area contributed by atoms with Crippen molar-refractivity contribution in [3.63, 3.8) is 0 Å². The van der Waals surface area contributed by atoms with Crippen molar-refractivity contribution in [1.29, 1.82) is 0 Å². The topological polar surface area (TPSA) is 24.5 Å². The molecule has 1 saturated heterocycles. The molecule has 3 atom stereocenters. The molecule has 1 aliphatic rings. The van der Waals surface area contributed by atoms with Gasteiger partial charge in [-0.25, -0.2) is 0 Å². The molecular formula is C14H30N2O. The predicted octanol–water partition coefficient (Wildman–Crippen LogP) is 2.26. The first-order chi connectivity index (χ1) is 8.19. The van der Waals surface area contributed by atoms with Crippen LogP contribution in [0, 0.1) is 0 Å². The molecule has 0 amide bonds. The minimum absolute atomic E-state index is 0.378. The van der Waals surface area contributed by atoms with Crippen LogP contribution >= 0.6 is 0 Å². The van der Waals surface area contributed by atoms with E-state index >= 15 is 0 Å². The van der Waals surface area contributed by atoms with Gasteiger partial charge >= 0.3 is 0 Å². The van der Waals surface area contributed by atoms with Gasteiger partial charge in [-0.05, 0) is 39.7 Å². The van der Waals surface area contributed by atoms with Crippen molar-refractivity contribution in [2.75, 3.05) is 26.2 Å². The third-order valence-corrected chi connectivity index (χ3v) is 3.74. The van der Waals surface area contributed by atoms with E-state index in [-0.39, 0.29) is 0 Å². The largest absolute Gasteiger partial charge is 0.377 e. The first-order valence-electron chi connectivity index (χ1n) is 7.28.